The lowest BCUT2D eigenvalue weighted by molar-refractivity contribution is -0.118. The lowest BCUT2D eigenvalue weighted by atomic mass is 10.1. The van der Waals surface area contributed by atoms with Gasteiger partial charge in [-0.2, -0.15) is 0 Å². The van der Waals surface area contributed by atoms with Crippen molar-refractivity contribution >= 4 is 32.6 Å². The van der Waals surface area contributed by atoms with E-state index in [1.54, 1.807) is 11.3 Å². The number of ether oxygens (including phenoxy) is 2. The van der Waals surface area contributed by atoms with E-state index in [0.717, 1.165) is 72.4 Å². The minimum atomic E-state index is 0.0817. The highest BCUT2D eigenvalue weighted by Crippen LogP contribution is 2.31. The molecule has 0 saturated carbocycles. The van der Waals surface area contributed by atoms with Crippen LogP contribution in [0.4, 0.5) is 5.13 Å². The summed E-state index contributed by atoms with van der Waals surface area (Å²) in [6, 6.07) is 14.1. The first kappa shape index (κ1) is 23.7. The number of aryl methyl sites for hydroxylation is 1. The summed E-state index contributed by atoms with van der Waals surface area (Å²) in [4.78, 5) is 22.7. The SMILES string of the molecule is CCOc1ccc(CC(=O)N(CCCN2CCOCC2)c2nc3c(CC)cccc3s2)cc1. The molecule has 1 aromatic heterocycles. The van der Waals surface area contributed by atoms with Gasteiger partial charge in [-0.3, -0.25) is 14.6 Å². The minimum Gasteiger partial charge on any atom is -0.494 e. The van der Waals surface area contributed by atoms with Crippen molar-refractivity contribution in [3.63, 3.8) is 0 Å². The fourth-order valence-corrected chi connectivity index (χ4v) is 5.20. The number of aromatic nitrogens is 1. The molecule has 1 aliphatic rings. The standard InChI is InChI=1S/C26H33N3O3S/c1-3-21-7-5-8-23-25(21)27-26(33-23)29(14-6-13-28-15-17-31-18-16-28)24(30)19-20-9-11-22(12-10-20)32-4-2/h5,7-12H,3-4,6,13-19H2,1-2H3. The Kier molecular flexibility index (Phi) is 8.31. The van der Waals surface area contributed by atoms with Gasteiger partial charge in [0.2, 0.25) is 5.91 Å². The maximum absolute atomic E-state index is 13.5. The number of morpholine rings is 1. The van der Waals surface area contributed by atoms with Gasteiger partial charge in [0.25, 0.3) is 0 Å². The number of fused-ring (bicyclic) bond motifs is 1. The second-order valence-electron chi connectivity index (χ2n) is 8.22. The molecule has 1 amide bonds. The van der Waals surface area contributed by atoms with Crippen LogP contribution in [0.1, 0.15) is 31.4 Å². The summed E-state index contributed by atoms with van der Waals surface area (Å²) in [5, 5.41) is 0.795. The Morgan fingerprint density at radius 1 is 1.15 bits per heavy atom. The van der Waals surface area contributed by atoms with Gasteiger partial charge in [-0.25, -0.2) is 4.98 Å². The Morgan fingerprint density at radius 2 is 1.94 bits per heavy atom. The molecule has 0 atom stereocenters. The van der Waals surface area contributed by atoms with Gasteiger partial charge >= 0.3 is 0 Å². The molecule has 0 unspecified atom stereocenters. The predicted molar refractivity (Wildman–Crippen MR) is 135 cm³/mol. The van der Waals surface area contributed by atoms with Crippen LogP contribution in [0.3, 0.4) is 0 Å². The van der Waals surface area contributed by atoms with Crippen LogP contribution in [0.25, 0.3) is 10.2 Å². The van der Waals surface area contributed by atoms with Gasteiger partial charge in [0.15, 0.2) is 5.13 Å². The fourth-order valence-electron chi connectivity index (χ4n) is 4.14. The normalized spacial score (nSPS) is 14.5. The number of carbonyl (C=O) groups excluding carboxylic acids is 1. The molecule has 33 heavy (non-hydrogen) atoms. The first-order chi connectivity index (χ1) is 16.2. The minimum absolute atomic E-state index is 0.0817. The molecule has 0 N–H and O–H groups in total. The first-order valence-corrected chi connectivity index (χ1v) is 12.7. The molecule has 1 saturated heterocycles. The van der Waals surface area contributed by atoms with Crippen molar-refractivity contribution in [1.82, 2.24) is 9.88 Å². The third-order valence-corrected chi connectivity index (χ3v) is 7.00. The van der Waals surface area contributed by atoms with Gasteiger partial charge in [-0.15, -0.1) is 0 Å². The monoisotopic (exact) mass is 467 g/mol. The van der Waals surface area contributed by atoms with Gasteiger partial charge in [0.05, 0.1) is 36.5 Å². The van der Waals surface area contributed by atoms with Gasteiger partial charge in [0, 0.05) is 26.2 Å². The van der Waals surface area contributed by atoms with E-state index in [1.165, 1.54) is 5.56 Å². The van der Waals surface area contributed by atoms with Crippen molar-refractivity contribution in [3.8, 4) is 5.75 Å². The smallest absolute Gasteiger partial charge is 0.233 e. The Balaban J connectivity index is 1.51. The molecule has 6 nitrogen and oxygen atoms in total. The third kappa shape index (κ3) is 6.10. The number of hydrogen-bond donors (Lipinski definition) is 0. The largest absolute Gasteiger partial charge is 0.494 e. The number of anilines is 1. The van der Waals surface area contributed by atoms with Gasteiger partial charge in [-0.05, 0) is 49.1 Å². The van der Waals surface area contributed by atoms with Gasteiger partial charge < -0.3 is 9.47 Å². The van der Waals surface area contributed by atoms with Crippen molar-refractivity contribution < 1.29 is 14.3 Å². The molecule has 2 heterocycles. The number of thiazole rings is 1. The van der Waals surface area contributed by atoms with E-state index in [9.17, 15) is 4.79 Å². The summed E-state index contributed by atoms with van der Waals surface area (Å²) in [5.41, 5.74) is 3.23. The van der Waals surface area contributed by atoms with E-state index in [2.05, 4.69) is 30.0 Å². The lowest BCUT2D eigenvalue weighted by Gasteiger charge is -2.27. The first-order valence-electron chi connectivity index (χ1n) is 11.9. The van der Waals surface area contributed by atoms with Gasteiger partial charge in [-0.1, -0.05) is 42.5 Å². The Hall–Kier alpha value is -2.48. The molecular formula is C26H33N3O3S. The Labute approximate surface area is 200 Å². The summed E-state index contributed by atoms with van der Waals surface area (Å²) in [6.07, 6.45) is 2.18. The van der Waals surface area contributed by atoms with Crippen molar-refractivity contribution in [1.29, 1.82) is 0 Å². The fraction of sp³-hybridized carbons (Fsp3) is 0.462. The quantitative estimate of drug-likeness (QED) is 0.438. The van der Waals surface area contributed by atoms with Crippen LogP contribution in [0, 0.1) is 0 Å². The number of hydrogen-bond acceptors (Lipinski definition) is 6. The number of para-hydroxylation sites is 1. The molecule has 0 spiro atoms. The predicted octanol–water partition coefficient (Wildman–Crippen LogP) is 4.56. The van der Waals surface area contributed by atoms with E-state index >= 15 is 0 Å². The molecular weight excluding hydrogens is 434 g/mol. The Bertz CT molecular complexity index is 1040. The van der Waals surface area contributed by atoms with E-state index < -0.39 is 0 Å². The topological polar surface area (TPSA) is 54.9 Å². The molecule has 4 rings (SSSR count). The molecule has 176 valence electrons. The van der Waals surface area contributed by atoms with E-state index in [0.29, 0.717) is 19.6 Å². The van der Waals surface area contributed by atoms with E-state index in [1.807, 2.05) is 36.1 Å². The average Bonchev–Trinajstić information content (AvgIpc) is 3.28. The number of carbonyl (C=O) groups is 1. The summed E-state index contributed by atoms with van der Waals surface area (Å²) < 4.78 is 12.1. The summed E-state index contributed by atoms with van der Waals surface area (Å²) >= 11 is 1.61. The Morgan fingerprint density at radius 3 is 2.67 bits per heavy atom. The van der Waals surface area contributed by atoms with Crippen LogP contribution >= 0.6 is 11.3 Å². The molecule has 3 aromatic rings. The highest BCUT2D eigenvalue weighted by atomic mass is 32.1. The molecule has 0 radical (unpaired) electrons. The van der Waals surface area contributed by atoms with Crippen molar-refractivity contribution in [2.45, 2.75) is 33.1 Å². The number of nitrogens with zero attached hydrogens (tertiary/aromatic N) is 3. The van der Waals surface area contributed by atoms with Crippen molar-refractivity contribution in [2.24, 2.45) is 0 Å². The van der Waals surface area contributed by atoms with Gasteiger partial charge in [0.1, 0.15) is 5.75 Å². The second-order valence-corrected chi connectivity index (χ2v) is 9.23. The molecule has 7 heteroatoms. The van der Waals surface area contributed by atoms with Crippen molar-refractivity contribution in [2.75, 3.05) is 50.9 Å². The molecule has 1 fully saturated rings. The lowest BCUT2D eigenvalue weighted by Crippen LogP contribution is -2.39. The van der Waals surface area contributed by atoms with Crippen LogP contribution in [0.15, 0.2) is 42.5 Å². The van der Waals surface area contributed by atoms with Crippen molar-refractivity contribution in [3.05, 3.63) is 53.6 Å². The van der Waals surface area contributed by atoms with Crippen LogP contribution in [-0.4, -0.2) is 61.8 Å². The zero-order chi connectivity index (χ0) is 23.0. The zero-order valence-electron chi connectivity index (χ0n) is 19.6. The summed E-state index contributed by atoms with van der Waals surface area (Å²) in [5.74, 6) is 0.910. The summed E-state index contributed by atoms with van der Waals surface area (Å²) in [7, 11) is 0. The molecule has 1 aliphatic heterocycles. The van der Waals surface area contributed by atoms with E-state index in [-0.39, 0.29) is 5.91 Å². The third-order valence-electron chi connectivity index (χ3n) is 5.95. The highest BCUT2D eigenvalue weighted by Gasteiger charge is 2.21. The molecule has 2 aromatic carbocycles. The molecule has 0 aliphatic carbocycles. The average molecular weight is 468 g/mol. The number of amides is 1. The second kappa shape index (κ2) is 11.6. The van der Waals surface area contributed by atoms with E-state index in [4.69, 9.17) is 14.5 Å². The van der Waals surface area contributed by atoms with Crippen LogP contribution in [-0.2, 0) is 22.4 Å². The maximum atomic E-state index is 13.5. The van der Waals surface area contributed by atoms with Crippen LogP contribution in [0.5, 0.6) is 5.75 Å². The zero-order valence-corrected chi connectivity index (χ0v) is 20.4. The van der Waals surface area contributed by atoms with Crippen LogP contribution in [0.2, 0.25) is 0 Å². The maximum Gasteiger partial charge on any atom is 0.233 e. The summed E-state index contributed by atoms with van der Waals surface area (Å²) in [6.45, 7) is 9.86. The van der Waals surface area contributed by atoms with Crippen LogP contribution < -0.4 is 9.64 Å². The number of rotatable bonds is 10. The molecule has 0 bridgehead atoms. The number of benzene rings is 2. The highest BCUT2D eigenvalue weighted by molar-refractivity contribution is 7.22.